The normalized spacial score (nSPS) is 21.5. The maximum absolute atomic E-state index is 14.1. The molecule has 1 saturated heterocycles. The van der Waals surface area contributed by atoms with Gasteiger partial charge in [-0.05, 0) is 39.5 Å². The molecule has 4 rings (SSSR count). The Balaban J connectivity index is 1.99. The summed E-state index contributed by atoms with van der Waals surface area (Å²) in [6.07, 6.45) is 1.29. The molecule has 0 radical (unpaired) electrons. The Hall–Kier alpha value is -3.45. The molecule has 0 saturated carbocycles. The van der Waals surface area contributed by atoms with Crippen LogP contribution in [-0.4, -0.2) is 66.2 Å². The number of para-hydroxylation sites is 1. The lowest BCUT2D eigenvalue weighted by molar-refractivity contribution is -0.143. The highest BCUT2D eigenvalue weighted by Crippen LogP contribution is 2.53. The predicted molar refractivity (Wildman–Crippen MR) is 127 cm³/mol. The maximum atomic E-state index is 14.1. The van der Waals surface area contributed by atoms with Crippen LogP contribution in [0.5, 0.6) is 0 Å². The van der Waals surface area contributed by atoms with E-state index in [0.717, 1.165) is 0 Å². The second-order valence-corrected chi connectivity index (χ2v) is 8.72. The first-order chi connectivity index (χ1) is 15.9. The molecule has 2 aromatic rings. The van der Waals surface area contributed by atoms with Gasteiger partial charge in [0.2, 0.25) is 0 Å². The molecule has 0 aliphatic carbocycles. The molecule has 1 fully saturated rings. The summed E-state index contributed by atoms with van der Waals surface area (Å²) >= 11 is 0. The van der Waals surface area contributed by atoms with E-state index in [2.05, 4.69) is 0 Å². The fraction of sp³-hybridized carbons (Fsp3) is 0.346. The van der Waals surface area contributed by atoms with Gasteiger partial charge in [-0.2, -0.15) is 0 Å². The van der Waals surface area contributed by atoms with Crippen LogP contribution in [-0.2, 0) is 19.9 Å². The quantitative estimate of drug-likeness (QED) is 0.401. The summed E-state index contributed by atoms with van der Waals surface area (Å²) in [5, 5.41) is 11.3. The Morgan fingerprint density at radius 1 is 0.970 bits per heavy atom. The van der Waals surface area contributed by atoms with Crippen LogP contribution < -0.4 is 4.90 Å². The molecule has 7 nitrogen and oxygen atoms in total. The number of carbonyl (C=O) groups excluding carboxylic acids is 3. The summed E-state index contributed by atoms with van der Waals surface area (Å²) in [5.41, 5.74) is -0.207. The predicted octanol–water partition coefficient (Wildman–Crippen LogP) is 2.97. The molecule has 2 heterocycles. The molecule has 0 aromatic heterocycles. The molecule has 1 unspecified atom stereocenters. The highest BCUT2D eigenvalue weighted by Gasteiger charge is 2.66. The van der Waals surface area contributed by atoms with Crippen molar-refractivity contribution >= 4 is 29.0 Å². The van der Waals surface area contributed by atoms with Gasteiger partial charge < -0.3 is 19.8 Å². The SMILES string of the molecule is CCCN1C(=O)C2(/C(=C(/O)c3ccccc3)C(=O)C(=O)N2CCCN(C)C)c2ccccc21. The number of hydrogen-bond acceptors (Lipinski definition) is 5. The largest absolute Gasteiger partial charge is 0.507 e. The minimum atomic E-state index is -1.67. The van der Waals surface area contributed by atoms with Gasteiger partial charge in [0.25, 0.3) is 17.6 Å². The van der Waals surface area contributed by atoms with Crippen LogP contribution in [0.1, 0.15) is 30.9 Å². The summed E-state index contributed by atoms with van der Waals surface area (Å²) in [5.74, 6) is -2.28. The number of nitrogens with zero attached hydrogens (tertiary/aromatic N) is 3. The number of fused-ring (bicyclic) bond motifs is 2. The molecule has 7 heteroatoms. The number of ketones is 1. The van der Waals surface area contributed by atoms with Gasteiger partial charge in [0.05, 0.1) is 11.3 Å². The van der Waals surface area contributed by atoms with Crippen molar-refractivity contribution in [3.63, 3.8) is 0 Å². The van der Waals surface area contributed by atoms with Crippen molar-refractivity contribution in [1.29, 1.82) is 0 Å². The van der Waals surface area contributed by atoms with E-state index in [1.54, 1.807) is 47.4 Å². The van der Waals surface area contributed by atoms with Gasteiger partial charge in [0, 0.05) is 24.2 Å². The second kappa shape index (κ2) is 8.83. The van der Waals surface area contributed by atoms with E-state index < -0.39 is 17.2 Å². The minimum Gasteiger partial charge on any atom is -0.507 e. The van der Waals surface area contributed by atoms with E-state index in [-0.39, 0.29) is 23.8 Å². The van der Waals surface area contributed by atoms with E-state index in [9.17, 15) is 19.5 Å². The number of anilines is 1. The van der Waals surface area contributed by atoms with Crippen molar-refractivity contribution in [1.82, 2.24) is 9.80 Å². The number of rotatable bonds is 7. The van der Waals surface area contributed by atoms with E-state index >= 15 is 0 Å². The molecule has 2 aliphatic rings. The van der Waals surface area contributed by atoms with Crippen molar-refractivity contribution in [2.24, 2.45) is 0 Å². The molecule has 2 aliphatic heterocycles. The van der Waals surface area contributed by atoms with Crippen molar-refractivity contribution in [2.75, 3.05) is 38.6 Å². The molecule has 1 atom stereocenters. The van der Waals surface area contributed by atoms with Crippen LogP contribution in [0.25, 0.3) is 5.76 Å². The Bertz CT molecular complexity index is 1130. The van der Waals surface area contributed by atoms with Gasteiger partial charge in [-0.15, -0.1) is 0 Å². The van der Waals surface area contributed by atoms with Crippen LogP contribution in [0.3, 0.4) is 0 Å². The molecular formula is C26H29N3O4. The molecule has 1 spiro atoms. The number of hydrogen-bond donors (Lipinski definition) is 1. The van der Waals surface area contributed by atoms with Crippen LogP contribution in [0.2, 0.25) is 0 Å². The lowest BCUT2D eigenvalue weighted by Crippen LogP contribution is -2.52. The maximum Gasteiger partial charge on any atom is 0.296 e. The number of aliphatic hydroxyl groups is 1. The first-order valence-electron chi connectivity index (χ1n) is 11.3. The molecule has 2 aromatic carbocycles. The van der Waals surface area contributed by atoms with E-state index in [1.807, 2.05) is 38.1 Å². The van der Waals surface area contributed by atoms with Gasteiger partial charge in [0.15, 0.2) is 5.54 Å². The second-order valence-electron chi connectivity index (χ2n) is 8.72. The Morgan fingerprint density at radius 2 is 1.64 bits per heavy atom. The number of likely N-dealkylation sites (tertiary alicyclic amines) is 1. The number of benzene rings is 2. The fourth-order valence-corrected chi connectivity index (χ4v) is 4.90. The zero-order chi connectivity index (χ0) is 23.8. The monoisotopic (exact) mass is 447 g/mol. The van der Waals surface area contributed by atoms with E-state index in [0.29, 0.717) is 42.7 Å². The van der Waals surface area contributed by atoms with Gasteiger partial charge in [0.1, 0.15) is 5.76 Å². The van der Waals surface area contributed by atoms with Crippen LogP contribution in [0.15, 0.2) is 60.2 Å². The molecule has 1 N–H and O–H groups in total. The van der Waals surface area contributed by atoms with Crippen molar-refractivity contribution in [3.8, 4) is 0 Å². The zero-order valence-electron chi connectivity index (χ0n) is 19.2. The van der Waals surface area contributed by atoms with Crippen LogP contribution in [0.4, 0.5) is 5.69 Å². The number of carbonyl (C=O) groups is 3. The standard InChI is InChI=1S/C26H29N3O4/c1-4-15-28-20-14-9-8-13-19(20)26(25(28)33)21(22(30)18-11-6-5-7-12-18)23(31)24(32)29(26)17-10-16-27(2)3/h5-9,11-14,30H,4,10,15-17H2,1-3H3/b22-21+. The van der Waals surface area contributed by atoms with Gasteiger partial charge >= 0.3 is 0 Å². The molecule has 172 valence electrons. The molecule has 33 heavy (non-hydrogen) atoms. The number of amides is 2. The third-order valence-electron chi connectivity index (χ3n) is 6.29. The minimum absolute atomic E-state index is 0.153. The van der Waals surface area contributed by atoms with Crippen LogP contribution in [0, 0.1) is 0 Å². The summed E-state index contributed by atoms with van der Waals surface area (Å²) in [4.78, 5) is 45.9. The third kappa shape index (κ3) is 3.43. The van der Waals surface area contributed by atoms with Gasteiger partial charge in [-0.25, -0.2) is 0 Å². The number of aliphatic hydroxyl groups excluding tert-OH is 1. The molecule has 2 amide bonds. The average molecular weight is 448 g/mol. The zero-order valence-corrected chi connectivity index (χ0v) is 19.2. The molecule has 0 bridgehead atoms. The molecular weight excluding hydrogens is 418 g/mol. The van der Waals surface area contributed by atoms with Crippen molar-refractivity contribution in [3.05, 3.63) is 71.3 Å². The lowest BCUT2D eigenvalue weighted by atomic mass is 9.82. The highest BCUT2D eigenvalue weighted by atomic mass is 16.3. The summed E-state index contributed by atoms with van der Waals surface area (Å²) in [7, 11) is 3.86. The number of Topliss-reactive ketones (excluding diaryl/α,β-unsaturated/α-hetero) is 1. The van der Waals surface area contributed by atoms with Crippen molar-refractivity contribution < 1.29 is 19.5 Å². The third-order valence-corrected chi connectivity index (χ3v) is 6.29. The van der Waals surface area contributed by atoms with Gasteiger partial charge in [-0.3, -0.25) is 14.4 Å². The fourth-order valence-electron chi connectivity index (χ4n) is 4.90. The lowest BCUT2D eigenvalue weighted by Gasteiger charge is -2.34. The topological polar surface area (TPSA) is 81.2 Å². The smallest absolute Gasteiger partial charge is 0.296 e. The summed E-state index contributed by atoms with van der Waals surface area (Å²) in [6.45, 7) is 3.32. The summed E-state index contributed by atoms with van der Waals surface area (Å²) in [6, 6.07) is 15.9. The first kappa shape index (κ1) is 22.7. The highest BCUT2D eigenvalue weighted by molar-refractivity contribution is 6.50. The first-order valence-corrected chi connectivity index (χ1v) is 11.3. The van der Waals surface area contributed by atoms with Crippen molar-refractivity contribution in [2.45, 2.75) is 25.3 Å². The summed E-state index contributed by atoms with van der Waals surface area (Å²) < 4.78 is 0. The Labute approximate surface area is 193 Å². The van der Waals surface area contributed by atoms with Crippen LogP contribution >= 0.6 is 0 Å². The van der Waals surface area contributed by atoms with E-state index in [1.165, 1.54) is 4.90 Å². The Morgan fingerprint density at radius 3 is 2.30 bits per heavy atom. The van der Waals surface area contributed by atoms with Gasteiger partial charge in [-0.1, -0.05) is 55.5 Å². The Kier molecular flexibility index (Phi) is 6.08. The van der Waals surface area contributed by atoms with E-state index in [4.69, 9.17) is 0 Å². The average Bonchev–Trinajstić information content (AvgIpc) is 3.18.